The Balaban J connectivity index is 1.70. The highest BCUT2D eigenvalue weighted by molar-refractivity contribution is 7.18. The summed E-state index contributed by atoms with van der Waals surface area (Å²) in [6.07, 6.45) is 1.73. The number of anilines is 1. The van der Waals surface area contributed by atoms with Gasteiger partial charge in [0.15, 0.2) is 0 Å². The number of nitrogens with one attached hydrogen (secondary N) is 1. The fraction of sp³-hybridized carbons (Fsp3) is 0.312. The van der Waals surface area contributed by atoms with Gasteiger partial charge in [0.2, 0.25) is 11.0 Å². The number of halogens is 2. The third kappa shape index (κ3) is 3.42. The summed E-state index contributed by atoms with van der Waals surface area (Å²) in [7, 11) is 0. The standard InChI is InChI=1S/C16H15Cl2N3OS/c1-16(2)10(8-11(17)18)12(16)13(22)19-15-21-20-14(23-15)9-6-4-3-5-7-9/h3-8,10,12H,1-2H3,(H,19,21,22). The molecule has 0 spiro atoms. The van der Waals surface area contributed by atoms with Gasteiger partial charge in [0.25, 0.3) is 0 Å². The molecule has 1 aliphatic rings. The van der Waals surface area contributed by atoms with Crippen LogP contribution in [0, 0.1) is 17.3 Å². The van der Waals surface area contributed by atoms with Crippen molar-refractivity contribution in [1.29, 1.82) is 0 Å². The number of carbonyl (C=O) groups is 1. The van der Waals surface area contributed by atoms with Gasteiger partial charge in [-0.1, -0.05) is 78.7 Å². The topological polar surface area (TPSA) is 54.9 Å². The van der Waals surface area contributed by atoms with E-state index < -0.39 is 0 Å². The van der Waals surface area contributed by atoms with E-state index in [1.807, 2.05) is 44.2 Å². The summed E-state index contributed by atoms with van der Waals surface area (Å²) in [6.45, 7) is 4.04. The molecule has 2 unspecified atom stereocenters. The Morgan fingerprint density at radius 1 is 1.26 bits per heavy atom. The Kier molecular flexibility index (Phi) is 4.45. The highest BCUT2D eigenvalue weighted by Crippen LogP contribution is 2.60. The van der Waals surface area contributed by atoms with Crippen molar-refractivity contribution in [2.75, 3.05) is 5.32 Å². The first kappa shape index (κ1) is 16.4. The zero-order valence-electron chi connectivity index (χ0n) is 12.6. The molecule has 1 fully saturated rings. The normalized spacial score (nSPS) is 21.6. The van der Waals surface area contributed by atoms with E-state index in [1.54, 1.807) is 6.08 Å². The highest BCUT2D eigenvalue weighted by atomic mass is 35.5. The van der Waals surface area contributed by atoms with Gasteiger partial charge < -0.3 is 5.32 Å². The molecule has 0 aliphatic heterocycles. The van der Waals surface area contributed by atoms with Gasteiger partial charge in [-0.3, -0.25) is 4.79 Å². The average Bonchev–Trinajstić information content (AvgIpc) is 2.86. The molecule has 3 rings (SSSR count). The van der Waals surface area contributed by atoms with E-state index in [9.17, 15) is 4.79 Å². The van der Waals surface area contributed by atoms with Gasteiger partial charge in [-0.05, 0) is 17.4 Å². The number of amides is 1. The monoisotopic (exact) mass is 367 g/mol. The molecule has 1 N–H and O–H groups in total. The van der Waals surface area contributed by atoms with Crippen molar-refractivity contribution >= 4 is 45.6 Å². The third-order valence-corrected chi connectivity index (χ3v) is 5.31. The molecule has 2 atom stereocenters. The van der Waals surface area contributed by atoms with Gasteiger partial charge in [-0.15, -0.1) is 10.2 Å². The van der Waals surface area contributed by atoms with Crippen LogP contribution in [0.5, 0.6) is 0 Å². The van der Waals surface area contributed by atoms with Crippen molar-refractivity contribution in [3.63, 3.8) is 0 Å². The first-order chi connectivity index (χ1) is 10.9. The largest absolute Gasteiger partial charge is 0.300 e. The smallest absolute Gasteiger partial charge is 0.230 e. The Bertz CT molecular complexity index is 754. The maximum Gasteiger partial charge on any atom is 0.230 e. The molecule has 1 heterocycles. The molecule has 1 aliphatic carbocycles. The van der Waals surface area contributed by atoms with E-state index in [2.05, 4.69) is 15.5 Å². The molecule has 1 aromatic carbocycles. The van der Waals surface area contributed by atoms with Gasteiger partial charge in [0.1, 0.15) is 9.50 Å². The Morgan fingerprint density at radius 3 is 2.61 bits per heavy atom. The Hall–Kier alpha value is -1.43. The lowest BCUT2D eigenvalue weighted by Gasteiger charge is -2.01. The number of benzene rings is 1. The van der Waals surface area contributed by atoms with Crippen LogP contribution < -0.4 is 5.32 Å². The van der Waals surface area contributed by atoms with Gasteiger partial charge in [0, 0.05) is 5.56 Å². The maximum atomic E-state index is 12.4. The molecule has 0 saturated heterocycles. The van der Waals surface area contributed by atoms with Crippen LogP contribution in [0.2, 0.25) is 0 Å². The van der Waals surface area contributed by atoms with Crippen molar-refractivity contribution in [2.24, 2.45) is 17.3 Å². The summed E-state index contributed by atoms with van der Waals surface area (Å²) in [5, 5.41) is 12.3. The fourth-order valence-corrected chi connectivity index (χ4v) is 3.80. The van der Waals surface area contributed by atoms with E-state index in [4.69, 9.17) is 23.2 Å². The second-order valence-corrected chi connectivity index (χ2v) is 8.03. The van der Waals surface area contributed by atoms with Crippen molar-refractivity contribution in [3.8, 4) is 10.6 Å². The van der Waals surface area contributed by atoms with Crippen LogP contribution in [0.3, 0.4) is 0 Å². The summed E-state index contributed by atoms with van der Waals surface area (Å²) in [4.78, 5) is 12.4. The van der Waals surface area contributed by atoms with Crippen LogP contribution in [0.4, 0.5) is 5.13 Å². The fourth-order valence-electron chi connectivity index (χ4n) is 2.78. The van der Waals surface area contributed by atoms with Crippen molar-refractivity contribution in [3.05, 3.63) is 40.9 Å². The van der Waals surface area contributed by atoms with Crippen LogP contribution in [-0.4, -0.2) is 16.1 Å². The molecule has 2 aromatic rings. The minimum atomic E-state index is -0.168. The quantitative estimate of drug-likeness (QED) is 0.849. The number of rotatable bonds is 4. The zero-order valence-corrected chi connectivity index (χ0v) is 14.9. The summed E-state index contributed by atoms with van der Waals surface area (Å²) in [6, 6.07) is 9.74. The van der Waals surface area contributed by atoms with Gasteiger partial charge in [0.05, 0.1) is 5.92 Å². The SMILES string of the molecule is CC1(C)C(C=C(Cl)Cl)C1C(=O)Nc1nnc(-c2ccccc2)s1. The summed E-state index contributed by atoms with van der Waals surface area (Å²) in [5.74, 6) is -0.213. The van der Waals surface area contributed by atoms with Crippen LogP contribution in [0.15, 0.2) is 40.9 Å². The summed E-state index contributed by atoms with van der Waals surface area (Å²) >= 11 is 12.8. The van der Waals surface area contributed by atoms with Gasteiger partial charge >= 0.3 is 0 Å². The third-order valence-electron chi connectivity index (χ3n) is 4.17. The van der Waals surface area contributed by atoms with E-state index in [-0.39, 0.29) is 27.6 Å². The van der Waals surface area contributed by atoms with E-state index in [0.717, 1.165) is 10.6 Å². The van der Waals surface area contributed by atoms with Gasteiger partial charge in [-0.2, -0.15) is 0 Å². The molecular weight excluding hydrogens is 353 g/mol. The number of carbonyl (C=O) groups excluding carboxylic acids is 1. The van der Waals surface area contributed by atoms with Gasteiger partial charge in [-0.25, -0.2) is 0 Å². The minimum absolute atomic E-state index is 0.0361. The second kappa shape index (κ2) is 6.23. The van der Waals surface area contributed by atoms with Crippen LogP contribution in [0.1, 0.15) is 13.8 Å². The van der Waals surface area contributed by atoms with E-state index >= 15 is 0 Å². The molecule has 1 amide bonds. The first-order valence-corrected chi connectivity index (χ1v) is 8.69. The lowest BCUT2D eigenvalue weighted by atomic mass is 10.1. The molecule has 1 aromatic heterocycles. The highest BCUT2D eigenvalue weighted by Gasteiger charge is 2.60. The average molecular weight is 368 g/mol. The molecule has 1 saturated carbocycles. The molecule has 23 heavy (non-hydrogen) atoms. The number of nitrogens with zero attached hydrogens (tertiary/aromatic N) is 2. The maximum absolute atomic E-state index is 12.4. The van der Waals surface area contributed by atoms with Crippen molar-refractivity contribution in [2.45, 2.75) is 13.8 Å². The second-order valence-electron chi connectivity index (χ2n) is 6.05. The molecule has 4 nitrogen and oxygen atoms in total. The Labute approximate surface area is 148 Å². The molecule has 0 radical (unpaired) electrons. The van der Waals surface area contributed by atoms with E-state index in [1.165, 1.54) is 11.3 Å². The van der Waals surface area contributed by atoms with Crippen molar-refractivity contribution in [1.82, 2.24) is 10.2 Å². The van der Waals surface area contributed by atoms with E-state index in [0.29, 0.717) is 5.13 Å². The lowest BCUT2D eigenvalue weighted by Crippen LogP contribution is -2.16. The number of allylic oxidation sites excluding steroid dienone is 1. The van der Waals surface area contributed by atoms with Crippen molar-refractivity contribution < 1.29 is 4.79 Å². The zero-order chi connectivity index (χ0) is 16.6. The van der Waals surface area contributed by atoms with Crippen LogP contribution >= 0.6 is 34.5 Å². The lowest BCUT2D eigenvalue weighted by molar-refractivity contribution is -0.118. The number of aromatic nitrogens is 2. The first-order valence-electron chi connectivity index (χ1n) is 7.12. The predicted octanol–water partition coefficient (Wildman–Crippen LogP) is 4.73. The number of hydrogen-bond acceptors (Lipinski definition) is 4. The molecule has 7 heteroatoms. The summed E-state index contributed by atoms with van der Waals surface area (Å²) < 4.78 is 0.195. The minimum Gasteiger partial charge on any atom is -0.300 e. The molecule has 0 bridgehead atoms. The molecule has 120 valence electrons. The number of hydrogen-bond donors (Lipinski definition) is 1. The molecular formula is C16H15Cl2N3OS. The van der Waals surface area contributed by atoms with Crippen LogP contribution in [-0.2, 0) is 4.79 Å². The summed E-state index contributed by atoms with van der Waals surface area (Å²) in [5.41, 5.74) is 0.818. The van der Waals surface area contributed by atoms with Crippen LogP contribution in [0.25, 0.3) is 10.6 Å². The predicted molar refractivity (Wildman–Crippen MR) is 94.5 cm³/mol. The Morgan fingerprint density at radius 2 is 1.96 bits per heavy atom.